The van der Waals surface area contributed by atoms with Crippen LogP contribution in [0.2, 0.25) is 0 Å². The van der Waals surface area contributed by atoms with Crippen molar-refractivity contribution in [2.24, 2.45) is 0 Å². The fourth-order valence-corrected chi connectivity index (χ4v) is 0.174. The molecular weight excluding hydrogens is 168 g/mol. The molecule has 3 nitrogen and oxygen atoms in total. The van der Waals surface area contributed by atoms with Crippen molar-refractivity contribution in [3.05, 3.63) is 24.3 Å². The molecule has 0 fully saturated rings. The van der Waals surface area contributed by atoms with Gasteiger partial charge in [0.05, 0.1) is 7.11 Å². The number of hydrogen-bond donors (Lipinski definition) is 0. The van der Waals surface area contributed by atoms with Crippen molar-refractivity contribution in [2.45, 2.75) is 20.8 Å². The van der Waals surface area contributed by atoms with Crippen LogP contribution in [0.25, 0.3) is 0 Å². The average Bonchev–Trinajstić information content (AvgIpc) is 2.03. The van der Waals surface area contributed by atoms with Crippen molar-refractivity contribution in [3.8, 4) is 0 Å². The maximum Gasteiger partial charge on any atom is 0.332 e. The Morgan fingerprint density at radius 2 is 1.31 bits per heavy atom. The van der Waals surface area contributed by atoms with E-state index in [1.54, 1.807) is 13.8 Å². The normalized spacial score (nSPS) is 7.69. The number of ketones is 1. The number of Topliss-reactive ketones (excluding diaryl/α,β-unsaturated/α-hetero) is 1. The first-order valence-electron chi connectivity index (χ1n) is 3.73. The van der Waals surface area contributed by atoms with Crippen molar-refractivity contribution in [2.75, 3.05) is 7.11 Å². The minimum atomic E-state index is -0.347. The number of carbonyl (C=O) groups is 2. The average molecular weight is 184 g/mol. The van der Waals surface area contributed by atoms with E-state index in [0.29, 0.717) is 11.1 Å². The molecule has 0 aliphatic heterocycles. The Balaban J connectivity index is 0. The van der Waals surface area contributed by atoms with Crippen LogP contribution in [0.4, 0.5) is 0 Å². The van der Waals surface area contributed by atoms with Gasteiger partial charge in [0.15, 0.2) is 5.78 Å². The number of carbonyl (C=O) groups excluding carboxylic acids is 2. The van der Waals surface area contributed by atoms with Crippen LogP contribution in [-0.2, 0) is 14.3 Å². The van der Waals surface area contributed by atoms with E-state index >= 15 is 0 Å². The molecule has 13 heavy (non-hydrogen) atoms. The van der Waals surface area contributed by atoms with E-state index in [1.165, 1.54) is 14.0 Å². The van der Waals surface area contributed by atoms with E-state index in [9.17, 15) is 9.59 Å². The van der Waals surface area contributed by atoms with Crippen LogP contribution in [0, 0.1) is 0 Å². The summed E-state index contributed by atoms with van der Waals surface area (Å²) in [6.07, 6.45) is 0. The Bertz CT molecular complexity index is 214. The molecular formula is C10H16O3. The SMILES string of the molecule is C=C(C)C(=O)OC.C=C(C)C(C)=O. The van der Waals surface area contributed by atoms with Gasteiger partial charge in [0.2, 0.25) is 0 Å². The van der Waals surface area contributed by atoms with Crippen LogP contribution in [-0.4, -0.2) is 18.9 Å². The van der Waals surface area contributed by atoms with Crippen LogP contribution in [0.1, 0.15) is 20.8 Å². The fourth-order valence-electron chi connectivity index (χ4n) is 0.174. The fraction of sp³-hybridized carbons (Fsp3) is 0.400. The highest BCUT2D eigenvalue weighted by atomic mass is 16.5. The van der Waals surface area contributed by atoms with Gasteiger partial charge in [-0.05, 0) is 26.3 Å². The Labute approximate surface area is 79.1 Å². The quantitative estimate of drug-likeness (QED) is 0.486. The molecule has 0 rings (SSSR count). The van der Waals surface area contributed by atoms with Crippen molar-refractivity contribution in [1.29, 1.82) is 0 Å². The number of methoxy groups -OCH3 is 1. The van der Waals surface area contributed by atoms with Gasteiger partial charge >= 0.3 is 5.97 Å². The first kappa shape index (κ1) is 14.2. The summed E-state index contributed by atoms with van der Waals surface area (Å²) in [5.74, 6) is -0.282. The second-order valence-electron chi connectivity index (χ2n) is 2.61. The molecule has 74 valence electrons. The van der Waals surface area contributed by atoms with E-state index in [-0.39, 0.29) is 11.8 Å². The van der Waals surface area contributed by atoms with Crippen molar-refractivity contribution in [3.63, 3.8) is 0 Å². The maximum atomic E-state index is 10.2. The molecule has 0 bridgehead atoms. The van der Waals surface area contributed by atoms with E-state index < -0.39 is 0 Å². The van der Waals surface area contributed by atoms with Gasteiger partial charge in [-0.1, -0.05) is 13.2 Å². The summed E-state index contributed by atoms with van der Waals surface area (Å²) in [5.41, 5.74) is 1.05. The van der Waals surface area contributed by atoms with Crippen LogP contribution >= 0.6 is 0 Å². The van der Waals surface area contributed by atoms with Gasteiger partial charge in [-0.25, -0.2) is 4.79 Å². The highest BCUT2D eigenvalue weighted by Crippen LogP contribution is 1.87. The van der Waals surface area contributed by atoms with Gasteiger partial charge in [-0.2, -0.15) is 0 Å². The van der Waals surface area contributed by atoms with E-state index in [2.05, 4.69) is 17.9 Å². The molecule has 0 spiro atoms. The van der Waals surface area contributed by atoms with Crippen LogP contribution in [0.15, 0.2) is 24.3 Å². The lowest BCUT2D eigenvalue weighted by molar-refractivity contribution is -0.136. The van der Waals surface area contributed by atoms with Crippen molar-refractivity contribution >= 4 is 11.8 Å². The van der Waals surface area contributed by atoms with Crippen molar-refractivity contribution < 1.29 is 14.3 Å². The third kappa shape index (κ3) is 10.6. The molecule has 0 aliphatic rings. The molecule has 0 saturated carbocycles. The molecule has 0 radical (unpaired) electrons. The summed E-state index contributed by atoms with van der Waals surface area (Å²) in [6, 6.07) is 0. The highest BCUT2D eigenvalue weighted by molar-refractivity contribution is 5.91. The minimum absolute atomic E-state index is 0.0648. The summed E-state index contributed by atoms with van der Waals surface area (Å²) < 4.78 is 4.27. The zero-order valence-electron chi connectivity index (χ0n) is 8.64. The Morgan fingerprint density at radius 3 is 1.31 bits per heavy atom. The van der Waals surface area contributed by atoms with E-state index in [1.807, 2.05) is 0 Å². The molecule has 0 atom stereocenters. The zero-order chi connectivity index (χ0) is 11.0. The van der Waals surface area contributed by atoms with Crippen LogP contribution < -0.4 is 0 Å². The predicted molar refractivity (Wildman–Crippen MR) is 52.3 cm³/mol. The minimum Gasteiger partial charge on any atom is -0.466 e. The second kappa shape index (κ2) is 7.28. The van der Waals surface area contributed by atoms with Gasteiger partial charge in [0, 0.05) is 5.57 Å². The molecule has 0 aliphatic carbocycles. The first-order chi connectivity index (χ1) is 5.82. The third-order valence-electron chi connectivity index (χ3n) is 1.13. The third-order valence-corrected chi connectivity index (χ3v) is 1.13. The lowest BCUT2D eigenvalue weighted by Gasteiger charge is -1.91. The van der Waals surface area contributed by atoms with Crippen LogP contribution in [0.3, 0.4) is 0 Å². The summed E-state index contributed by atoms with van der Waals surface area (Å²) in [6.45, 7) is 11.6. The molecule has 0 N–H and O–H groups in total. The molecule has 0 aromatic carbocycles. The lowest BCUT2D eigenvalue weighted by atomic mass is 10.3. The van der Waals surface area contributed by atoms with E-state index in [0.717, 1.165) is 0 Å². The Morgan fingerprint density at radius 1 is 1.00 bits per heavy atom. The summed E-state index contributed by atoms with van der Waals surface area (Å²) in [5, 5.41) is 0. The Kier molecular flexibility index (Phi) is 7.93. The molecule has 0 aromatic rings. The number of allylic oxidation sites excluding steroid dienone is 1. The Hall–Kier alpha value is -1.38. The second-order valence-corrected chi connectivity index (χ2v) is 2.61. The summed E-state index contributed by atoms with van der Waals surface area (Å²) in [7, 11) is 1.33. The van der Waals surface area contributed by atoms with E-state index in [4.69, 9.17) is 0 Å². The number of esters is 1. The smallest absolute Gasteiger partial charge is 0.332 e. The van der Waals surface area contributed by atoms with Gasteiger partial charge < -0.3 is 4.74 Å². The number of rotatable bonds is 2. The van der Waals surface area contributed by atoms with Gasteiger partial charge in [0.25, 0.3) is 0 Å². The van der Waals surface area contributed by atoms with Crippen molar-refractivity contribution in [1.82, 2.24) is 0 Å². The predicted octanol–water partition coefficient (Wildman–Crippen LogP) is 1.89. The molecule has 0 amide bonds. The molecule has 3 heteroatoms. The molecule has 0 aromatic heterocycles. The molecule has 0 unspecified atom stereocenters. The monoisotopic (exact) mass is 184 g/mol. The number of hydrogen-bond acceptors (Lipinski definition) is 3. The zero-order valence-corrected chi connectivity index (χ0v) is 8.64. The maximum absolute atomic E-state index is 10.2. The summed E-state index contributed by atoms with van der Waals surface area (Å²) in [4.78, 5) is 20.2. The topological polar surface area (TPSA) is 43.4 Å². The van der Waals surface area contributed by atoms with Gasteiger partial charge in [-0.3, -0.25) is 4.79 Å². The number of ether oxygens (including phenoxy) is 1. The standard InChI is InChI=1S/C5H8O2.C5H8O/c1-4(2)5(6)7-3;1-4(2)5(3)6/h1H2,2-3H3;1H2,2-3H3. The van der Waals surface area contributed by atoms with Gasteiger partial charge in [0.1, 0.15) is 0 Å². The molecule has 0 saturated heterocycles. The lowest BCUT2D eigenvalue weighted by Crippen LogP contribution is -1.98. The van der Waals surface area contributed by atoms with Crippen LogP contribution in [0.5, 0.6) is 0 Å². The largest absolute Gasteiger partial charge is 0.466 e. The molecule has 0 heterocycles. The summed E-state index contributed by atoms with van der Waals surface area (Å²) >= 11 is 0. The highest BCUT2D eigenvalue weighted by Gasteiger charge is 1.95. The van der Waals surface area contributed by atoms with Gasteiger partial charge in [-0.15, -0.1) is 0 Å². The first-order valence-corrected chi connectivity index (χ1v) is 3.73.